The molecule has 23 heavy (non-hydrogen) atoms. The number of nitrogens with one attached hydrogen (secondary N) is 1. The zero-order valence-electron chi connectivity index (χ0n) is 13.5. The molecule has 0 radical (unpaired) electrons. The lowest BCUT2D eigenvalue weighted by Crippen LogP contribution is -2.39. The molecule has 0 saturated carbocycles. The Morgan fingerprint density at radius 2 is 1.91 bits per heavy atom. The molecule has 0 spiro atoms. The van der Waals surface area contributed by atoms with E-state index in [2.05, 4.69) is 10.3 Å². The first-order chi connectivity index (χ1) is 10.9. The minimum absolute atomic E-state index is 0.317. The van der Waals surface area contributed by atoms with Crippen molar-refractivity contribution in [2.24, 2.45) is 4.99 Å². The van der Waals surface area contributed by atoms with Crippen LogP contribution >= 0.6 is 11.8 Å². The van der Waals surface area contributed by atoms with Crippen LogP contribution in [0.1, 0.15) is 12.5 Å². The molecule has 0 aliphatic rings. The van der Waals surface area contributed by atoms with Gasteiger partial charge in [-0.15, -0.1) is 0 Å². The van der Waals surface area contributed by atoms with Gasteiger partial charge < -0.3 is 10.2 Å². The summed E-state index contributed by atoms with van der Waals surface area (Å²) < 4.78 is 0. The molecule has 0 aliphatic carbocycles. The van der Waals surface area contributed by atoms with Gasteiger partial charge in [-0.2, -0.15) is 10.3 Å². The molecule has 0 unspecified atom stereocenters. The molecule has 0 atom stereocenters. The molecule has 1 aromatic rings. The van der Waals surface area contributed by atoms with Crippen LogP contribution < -0.4 is 5.32 Å². The number of aliphatic imine (C=N–C) groups is 1. The van der Waals surface area contributed by atoms with Crippen molar-refractivity contribution in [1.29, 1.82) is 5.26 Å². The SMILES string of the molecule is CCN(C(=O)Nc1ccc(C#N)cc1)C(=NC(=O)N(C)C)SC. The topological polar surface area (TPSA) is 88.8 Å². The largest absolute Gasteiger partial charge is 0.345 e. The number of carbonyl (C=O) groups excluding carboxylic acids is 2. The highest BCUT2D eigenvalue weighted by molar-refractivity contribution is 8.13. The maximum Gasteiger partial charge on any atom is 0.345 e. The van der Waals surface area contributed by atoms with E-state index in [1.54, 1.807) is 51.5 Å². The van der Waals surface area contributed by atoms with Crippen molar-refractivity contribution in [3.05, 3.63) is 29.8 Å². The van der Waals surface area contributed by atoms with Gasteiger partial charge in [0.15, 0.2) is 5.17 Å². The highest BCUT2D eigenvalue weighted by Crippen LogP contribution is 2.12. The van der Waals surface area contributed by atoms with Gasteiger partial charge in [0.25, 0.3) is 0 Å². The molecule has 4 amide bonds. The summed E-state index contributed by atoms with van der Waals surface area (Å²) >= 11 is 1.22. The van der Waals surface area contributed by atoms with Gasteiger partial charge in [-0.1, -0.05) is 11.8 Å². The monoisotopic (exact) mass is 333 g/mol. The van der Waals surface area contributed by atoms with E-state index in [1.165, 1.54) is 21.6 Å². The summed E-state index contributed by atoms with van der Waals surface area (Å²) in [5.41, 5.74) is 1.07. The van der Waals surface area contributed by atoms with Crippen molar-refractivity contribution >= 4 is 34.7 Å². The van der Waals surface area contributed by atoms with E-state index < -0.39 is 12.1 Å². The molecule has 8 heteroatoms. The summed E-state index contributed by atoms with van der Waals surface area (Å²) in [5.74, 6) is 0. The number of amides is 4. The number of rotatable bonds is 2. The predicted molar refractivity (Wildman–Crippen MR) is 92.6 cm³/mol. The number of hydrogen-bond acceptors (Lipinski definition) is 4. The highest BCUT2D eigenvalue weighted by Gasteiger charge is 2.19. The second kappa shape index (κ2) is 8.80. The van der Waals surface area contributed by atoms with Crippen LogP contribution in [0.2, 0.25) is 0 Å². The Morgan fingerprint density at radius 1 is 1.30 bits per heavy atom. The average molecular weight is 333 g/mol. The summed E-state index contributed by atoms with van der Waals surface area (Å²) in [6.07, 6.45) is 1.75. The van der Waals surface area contributed by atoms with Gasteiger partial charge in [-0.05, 0) is 37.4 Å². The van der Waals surface area contributed by atoms with E-state index in [1.807, 2.05) is 6.07 Å². The van der Waals surface area contributed by atoms with Gasteiger partial charge in [0.05, 0.1) is 11.6 Å². The Labute approximate surface area is 140 Å². The number of carbonyl (C=O) groups is 2. The molecule has 0 heterocycles. The van der Waals surface area contributed by atoms with Crippen LogP contribution in [-0.2, 0) is 0 Å². The van der Waals surface area contributed by atoms with Crippen LogP contribution in [-0.4, -0.2) is 53.9 Å². The summed E-state index contributed by atoms with van der Waals surface area (Å²) in [5, 5.41) is 11.8. The fourth-order valence-corrected chi connectivity index (χ4v) is 2.18. The first-order valence-electron chi connectivity index (χ1n) is 6.85. The first kappa shape index (κ1) is 18.5. The van der Waals surface area contributed by atoms with Crippen LogP contribution in [0.25, 0.3) is 0 Å². The third-order valence-corrected chi connectivity index (χ3v) is 3.49. The number of thioether (sulfide) groups is 1. The Kier molecular flexibility index (Phi) is 7.09. The molecule has 0 aromatic heterocycles. The van der Waals surface area contributed by atoms with Gasteiger partial charge in [0.2, 0.25) is 0 Å². The standard InChI is InChI=1S/C15H19N5O2S/c1-5-20(15(23-4)18-13(21)19(2)3)14(22)17-12-8-6-11(10-16)7-9-12/h6-9H,5H2,1-4H3,(H,17,22). The number of nitriles is 1. The van der Waals surface area contributed by atoms with E-state index in [4.69, 9.17) is 5.26 Å². The normalized spacial score (nSPS) is 10.7. The number of benzene rings is 1. The quantitative estimate of drug-likeness (QED) is 0.666. The van der Waals surface area contributed by atoms with Crippen LogP contribution in [0, 0.1) is 11.3 Å². The summed E-state index contributed by atoms with van der Waals surface area (Å²) in [7, 11) is 3.19. The second-order valence-corrected chi connectivity index (χ2v) is 5.41. The molecular weight excluding hydrogens is 314 g/mol. The van der Waals surface area contributed by atoms with Crippen molar-refractivity contribution in [1.82, 2.24) is 9.80 Å². The van der Waals surface area contributed by atoms with E-state index in [0.717, 1.165) is 0 Å². The lowest BCUT2D eigenvalue weighted by Gasteiger charge is -2.22. The maximum atomic E-state index is 12.4. The maximum absolute atomic E-state index is 12.4. The molecule has 0 bridgehead atoms. The zero-order valence-corrected chi connectivity index (χ0v) is 14.3. The Morgan fingerprint density at radius 3 is 2.35 bits per heavy atom. The van der Waals surface area contributed by atoms with Crippen molar-refractivity contribution in [2.45, 2.75) is 6.92 Å². The number of anilines is 1. The van der Waals surface area contributed by atoms with E-state index in [0.29, 0.717) is 23.0 Å². The number of hydrogen-bond donors (Lipinski definition) is 1. The highest BCUT2D eigenvalue weighted by atomic mass is 32.2. The van der Waals surface area contributed by atoms with Gasteiger partial charge in [-0.3, -0.25) is 4.90 Å². The Bertz CT molecular complexity index is 634. The van der Waals surface area contributed by atoms with E-state index >= 15 is 0 Å². The van der Waals surface area contributed by atoms with Crippen LogP contribution in [0.5, 0.6) is 0 Å². The molecule has 1 aromatic carbocycles. The van der Waals surface area contributed by atoms with Gasteiger partial charge >= 0.3 is 12.1 Å². The Hall–Kier alpha value is -2.53. The van der Waals surface area contributed by atoms with Crippen molar-refractivity contribution in [3.63, 3.8) is 0 Å². The minimum Gasteiger partial charge on any atom is -0.329 e. The third-order valence-electron chi connectivity index (χ3n) is 2.81. The molecule has 0 fully saturated rings. The number of amidine groups is 1. The first-order valence-corrected chi connectivity index (χ1v) is 8.08. The average Bonchev–Trinajstić information content (AvgIpc) is 2.54. The van der Waals surface area contributed by atoms with Gasteiger partial charge in [0, 0.05) is 26.3 Å². The van der Waals surface area contributed by atoms with Crippen LogP contribution in [0.15, 0.2) is 29.3 Å². The summed E-state index contributed by atoms with van der Waals surface area (Å²) in [4.78, 5) is 30.8. The molecule has 122 valence electrons. The lowest BCUT2D eigenvalue weighted by molar-refractivity contribution is 0.226. The summed E-state index contributed by atoms with van der Waals surface area (Å²) in [6, 6.07) is 7.71. The van der Waals surface area contributed by atoms with Gasteiger partial charge in [-0.25, -0.2) is 9.59 Å². The van der Waals surface area contributed by atoms with Crippen molar-refractivity contribution < 1.29 is 9.59 Å². The molecule has 0 aliphatic heterocycles. The third kappa shape index (κ3) is 5.30. The molecule has 0 saturated heterocycles. The molecule has 1 N–H and O–H groups in total. The van der Waals surface area contributed by atoms with Crippen LogP contribution in [0.3, 0.4) is 0 Å². The van der Waals surface area contributed by atoms with E-state index in [-0.39, 0.29) is 0 Å². The zero-order chi connectivity index (χ0) is 17.4. The molecule has 1 rings (SSSR count). The fourth-order valence-electron chi connectivity index (χ4n) is 1.58. The smallest absolute Gasteiger partial charge is 0.329 e. The lowest BCUT2D eigenvalue weighted by atomic mass is 10.2. The number of nitrogens with zero attached hydrogens (tertiary/aromatic N) is 4. The second-order valence-electron chi connectivity index (χ2n) is 4.64. The van der Waals surface area contributed by atoms with Crippen LogP contribution in [0.4, 0.5) is 15.3 Å². The van der Waals surface area contributed by atoms with Crippen molar-refractivity contribution in [3.8, 4) is 6.07 Å². The summed E-state index contributed by atoms with van der Waals surface area (Å²) in [6.45, 7) is 2.16. The number of urea groups is 2. The van der Waals surface area contributed by atoms with Crippen molar-refractivity contribution in [2.75, 3.05) is 32.2 Å². The minimum atomic E-state index is -0.432. The Balaban J connectivity index is 2.92. The van der Waals surface area contributed by atoms with Gasteiger partial charge in [0.1, 0.15) is 0 Å². The van der Waals surface area contributed by atoms with E-state index in [9.17, 15) is 9.59 Å². The molecule has 7 nitrogen and oxygen atoms in total. The molecular formula is C15H19N5O2S. The fraction of sp³-hybridized carbons (Fsp3) is 0.333. The predicted octanol–water partition coefficient (Wildman–Crippen LogP) is 2.81.